The molecule has 0 aliphatic carbocycles. The van der Waals surface area contributed by atoms with E-state index in [4.69, 9.17) is 4.74 Å². The zero-order valence-electron chi connectivity index (χ0n) is 24.8. The number of carbonyl (C=O) groups excluding carboxylic acids is 3. The molecule has 3 amide bonds. The van der Waals surface area contributed by atoms with Gasteiger partial charge < -0.3 is 20.3 Å². The van der Waals surface area contributed by atoms with Crippen molar-refractivity contribution in [2.45, 2.75) is 85.4 Å². The highest BCUT2D eigenvalue weighted by Crippen LogP contribution is 2.28. The van der Waals surface area contributed by atoms with Gasteiger partial charge in [0.2, 0.25) is 5.91 Å². The minimum atomic E-state index is -0.891. The molecule has 0 saturated heterocycles. The summed E-state index contributed by atoms with van der Waals surface area (Å²) in [5, 5.41) is 7.80. The van der Waals surface area contributed by atoms with Crippen LogP contribution in [0.1, 0.15) is 76.6 Å². The number of anilines is 1. The van der Waals surface area contributed by atoms with E-state index >= 15 is 0 Å². The lowest BCUT2D eigenvalue weighted by atomic mass is 9.98. The summed E-state index contributed by atoms with van der Waals surface area (Å²) in [5.41, 5.74) is 2.80. The van der Waals surface area contributed by atoms with E-state index in [2.05, 4.69) is 17.6 Å². The van der Waals surface area contributed by atoms with Gasteiger partial charge in [-0.3, -0.25) is 9.59 Å². The van der Waals surface area contributed by atoms with E-state index in [0.717, 1.165) is 46.7 Å². The zero-order valence-corrected chi connectivity index (χ0v) is 24.8. The van der Waals surface area contributed by atoms with Crippen molar-refractivity contribution in [1.82, 2.24) is 10.2 Å². The molecule has 0 bridgehead atoms. The Kier molecular flexibility index (Phi) is 10.3. The van der Waals surface area contributed by atoms with Gasteiger partial charge in [0.05, 0.1) is 0 Å². The van der Waals surface area contributed by atoms with Crippen LogP contribution in [0.4, 0.5) is 10.5 Å². The molecule has 2 N–H and O–H groups in total. The van der Waals surface area contributed by atoms with Crippen LogP contribution in [0.25, 0.3) is 10.8 Å². The van der Waals surface area contributed by atoms with Gasteiger partial charge in [0.15, 0.2) is 0 Å². The number of hydrogen-bond donors (Lipinski definition) is 2. The fourth-order valence-corrected chi connectivity index (χ4v) is 4.58. The van der Waals surface area contributed by atoms with Crippen molar-refractivity contribution in [2.24, 2.45) is 0 Å². The largest absolute Gasteiger partial charge is 0.444 e. The van der Waals surface area contributed by atoms with Crippen LogP contribution in [0.15, 0.2) is 60.7 Å². The van der Waals surface area contributed by atoms with Crippen molar-refractivity contribution in [1.29, 1.82) is 0 Å². The number of unbranched alkanes of at least 4 members (excludes halogenated alkanes) is 2. The van der Waals surface area contributed by atoms with E-state index in [-0.39, 0.29) is 11.8 Å². The van der Waals surface area contributed by atoms with E-state index in [1.807, 2.05) is 74.5 Å². The van der Waals surface area contributed by atoms with Crippen LogP contribution in [-0.4, -0.2) is 41.0 Å². The van der Waals surface area contributed by atoms with Gasteiger partial charge >= 0.3 is 6.09 Å². The van der Waals surface area contributed by atoms with E-state index in [1.165, 1.54) is 0 Å². The first kappa shape index (κ1) is 30.7. The van der Waals surface area contributed by atoms with E-state index in [0.29, 0.717) is 12.2 Å². The van der Waals surface area contributed by atoms with Gasteiger partial charge in [-0.1, -0.05) is 68.3 Å². The minimum Gasteiger partial charge on any atom is -0.444 e. The second-order valence-electron chi connectivity index (χ2n) is 11.4. The summed E-state index contributed by atoms with van der Waals surface area (Å²) >= 11 is 0. The van der Waals surface area contributed by atoms with Crippen molar-refractivity contribution in [3.05, 3.63) is 77.4 Å². The summed E-state index contributed by atoms with van der Waals surface area (Å²) in [6, 6.07) is 17.8. The summed E-state index contributed by atoms with van der Waals surface area (Å²) in [6.45, 7) is 13.4. The lowest BCUT2D eigenvalue weighted by Gasteiger charge is -2.34. The summed E-state index contributed by atoms with van der Waals surface area (Å²) in [5.74, 6) is -0.660. The first-order valence-electron chi connectivity index (χ1n) is 14.1. The van der Waals surface area contributed by atoms with Crippen LogP contribution in [0.5, 0.6) is 0 Å². The third-order valence-corrected chi connectivity index (χ3v) is 6.81. The van der Waals surface area contributed by atoms with Crippen LogP contribution < -0.4 is 10.6 Å². The number of benzene rings is 3. The lowest BCUT2D eigenvalue weighted by Crippen LogP contribution is -2.51. The van der Waals surface area contributed by atoms with Gasteiger partial charge in [0.1, 0.15) is 17.7 Å². The highest BCUT2D eigenvalue weighted by molar-refractivity contribution is 6.00. The Balaban J connectivity index is 1.98. The van der Waals surface area contributed by atoms with Crippen LogP contribution in [-0.2, 0) is 14.3 Å². The topological polar surface area (TPSA) is 87.7 Å². The normalized spacial score (nSPS) is 12.9. The molecule has 3 rings (SSSR count). The molecule has 2 unspecified atom stereocenters. The summed E-state index contributed by atoms with van der Waals surface area (Å²) in [4.78, 5) is 42.0. The van der Waals surface area contributed by atoms with Gasteiger partial charge in [-0.25, -0.2) is 4.79 Å². The molecule has 0 spiro atoms. The fourth-order valence-electron chi connectivity index (χ4n) is 4.58. The third kappa shape index (κ3) is 8.31. The quantitative estimate of drug-likeness (QED) is 0.267. The number of nitrogens with one attached hydrogen (secondary N) is 2. The number of nitrogens with zero attached hydrogens (tertiary/aromatic N) is 1. The number of fused-ring (bicyclic) bond motifs is 1. The Morgan fingerprint density at radius 2 is 1.60 bits per heavy atom. The Labute approximate surface area is 238 Å². The molecule has 0 fully saturated rings. The fraction of sp³-hybridized carbons (Fsp3) is 0.424. The second-order valence-corrected chi connectivity index (χ2v) is 11.4. The van der Waals surface area contributed by atoms with Crippen molar-refractivity contribution in [3.8, 4) is 0 Å². The molecule has 0 heterocycles. The first-order chi connectivity index (χ1) is 18.9. The zero-order chi connectivity index (χ0) is 29.4. The molecule has 214 valence electrons. The molecule has 2 atom stereocenters. The van der Waals surface area contributed by atoms with E-state index < -0.39 is 23.8 Å². The second kappa shape index (κ2) is 13.5. The molecule has 40 heavy (non-hydrogen) atoms. The van der Waals surface area contributed by atoms with Crippen molar-refractivity contribution in [3.63, 3.8) is 0 Å². The summed E-state index contributed by atoms with van der Waals surface area (Å²) < 4.78 is 5.37. The number of rotatable bonds is 10. The van der Waals surface area contributed by atoms with Crippen molar-refractivity contribution in [2.75, 3.05) is 11.9 Å². The van der Waals surface area contributed by atoms with Gasteiger partial charge in [0, 0.05) is 12.2 Å². The number of amides is 3. The van der Waals surface area contributed by atoms with Crippen LogP contribution in [0, 0.1) is 13.8 Å². The molecule has 0 radical (unpaired) electrons. The number of hydrogen-bond acceptors (Lipinski definition) is 4. The number of ether oxygens (including phenoxy) is 1. The Bertz CT molecular complexity index is 1350. The van der Waals surface area contributed by atoms with Crippen LogP contribution >= 0.6 is 0 Å². The smallest absolute Gasteiger partial charge is 0.408 e. The predicted molar refractivity (Wildman–Crippen MR) is 161 cm³/mol. The van der Waals surface area contributed by atoms with Crippen molar-refractivity contribution >= 4 is 34.4 Å². The van der Waals surface area contributed by atoms with Gasteiger partial charge in [0.25, 0.3) is 5.91 Å². The standard InChI is InChI=1S/C33H43N3O4/c1-8-9-12-19-36(31(38)24(4)34-32(39)40-33(5,6)7)29(27-16-15-22(2)23(3)20-27)30(37)35-28-18-17-25-13-10-11-14-26(25)21-28/h10-11,13-18,20-21,24,29H,8-9,12,19H2,1-7H3,(H,34,39)(H,35,37). The third-order valence-electron chi connectivity index (χ3n) is 6.81. The van der Waals surface area contributed by atoms with Crippen molar-refractivity contribution < 1.29 is 19.1 Å². The summed E-state index contributed by atoms with van der Waals surface area (Å²) in [7, 11) is 0. The number of alkyl carbamates (subject to hydrolysis) is 1. The lowest BCUT2D eigenvalue weighted by molar-refractivity contribution is -0.140. The molecule has 0 aromatic heterocycles. The van der Waals surface area contributed by atoms with Crippen LogP contribution in [0.2, 0.25) is 0 Å². The maximum atomic E-state index is 14.0. The molecule has 0 aliphatic rings. The van der Waals surface area contributed by atoms with Gasteiger partial charge in [-0.15, -0.1) is 0 Å². The molecule has 3 aromatic rings. The predicted octanol–water partition coefficient (Wildman–Crippen LogP) is 7.07. The molecule has 0 saturated carbocycles. The molecular weight excluding hydrogens is 502 g/mol. The molecule has 3 aromatic carbocycles. The highest BCUT2D eigenvalue weighted by atomic mass is 16.6. The molecular formula is C33H43N3O4. The SMILES string of the molecule is CCCCCN(C(=O)C(C)NC(=O)OC(C)(C)C)C(C(=O)Nc1ccc2ccccc2c1)c1ccc(C)c(C)c1. The summed E-state index contributed by atoms with van der Waals surface area (Å²) in [6.07, 6.45) is 1.92. The number of aryl methyl sites for hydroxylation is 2. The van der Waals surface area contributed by atoms with E-state index in [1.54, 1.807) is 32.6 Å². The highest BCUT2D eigenvalue weighted by Gasteiger charge is 2.34. The maximum Gasteiger partial charge on any atom is 0.408 e. The molecule has 0 aliphatic heterocycles. The average Bonchev–Trinajstić information content (AvgIpc) is 2.88. The van der Waals surface area contributed by atoms with E-state index in [9.17, 15) is 14.4 Å². The Hall–Kier alpha value is -3.87. The monoisotopic (exact) mass is 545 g/mol. The average molecular weight is 546 g/mol. The van der Waals surface area contributed by atoms with Gasteiger partial charge in [-0.2, -0.15) is 0 Å². The molecule has 7 heteroatoms. The Morgan fingerprint density at radius 1 is 0.900 bits per heavy atom. The van der Waals surface area contributed by atoms with Crippen LogP contribution in [0.3, 0.4) is 0 Å². The number of carbonyl (C=O) groups is 3. The molecule has 7 nitrogen and oxygen atoms in total. The first-order valence-corrected chi connectivity index (χ1v) is 14.1. The Morgan fingerprint density at radius 3 is 2.25 bits per heavy atom. The maximum absolute atomic E-state index is 14.0. The minimum absolute atomic E-state index is 0.312. The van der Waals surface area contributed by atoms with Gasteiger partial charge in [-0.05, 0) is 87.6 Å².